The summed E-state index contributed by atoms with van der Waals surface area (Å²) in [4.78, 5) is 19.1. The van der Waals surface area contributed by atoms with Crippen molar-refractivity contribution in [1.82, 2.24) is 15.0 Å². The first-order valence-electron chi connectivity index (χ1n) is 9.96. The Balaban J connectivity index is 1.59. The largest absolute Gasteiger partial charge is 0.494 e. The maximum atomic E-state index is 12.8. The van der Waals surface area contributed by atoms with Crippen molar-refractivity contribution in [3.05, 3.63) is 66.1 Å². The predicted molar refractivity (Wildman–Crippen MR) is 111 cm³/mol. The Morgan fingerprint density at radius 2 is 1.83 bits per heavy atom. The summed E-state index contributed by atoms with van der Waals surface area (Å²) in [6.07, 6.45) is 0.747. The summed E-state index contributed by atoms with van der Waals surface area (Å²) in [5.74, 6) is 1.86. The first kappa shape index (κ1) is 20.6. The number of hydrogen-bond acceptors (Lipinski definition) is 5. The number of aromatic nitrogens is 2. The molecule has 0 aliphatic heterocycles. The van der Waals surface area contributed by atoms with Crippen LogP contribution < -0.4 is 4.74 Å². The number of rotatable bonds is 9. The van der Waals surface area contributed by atoms with Gasteiger partial charge in [0.25, 0.3) is 0 Å². The molecule has 29 heavy (non-hydrogen) atoms. The molecule has 6 heteroatoms. The molecule has 1 aromatic heterocycles. The van der Waals surface area contributed by atoms with E-state index in [2.05, 4.69) is 10.1 Å². The molecule has 2 aromatic carbocycles. The van der Waals surface area contributed by atoms with Gasteiger partial charge in [-0.25, -0.2) is 0 Å². The van der Waals surface area contributed by atoms with Gasteiger partial charge in [0.05, 0.1) is 6.61 Å². The van der Waals surface area contributed by atoms with Crippen LogP contribution in [-0.4, -0.2) is 33.6 Å². The second kappa shape index (κ2) is 9.87. The highest BCUT2D eigenvalue weighted by Crippen LogP contribution is 2.20. The molecular formula is C23H27N3O3. The van der Waals surface area contributed by atoms with Crippen LogP contribution in [0.5, 0.6) is 5.75 Å². The third kappa shape index (κ3) is 5.67. The fraction of sp³-hybridized carbons (Fsp3) is 0.348. The molecule has 1 heterocycles. The normalized spacial score (nSPS) is 10.9. The maximum absolute atomic E-state index is 12.8. The van der Waals surface area contributed by atoms with Gasteiger partial charge < -0.3 is 14.2 Å². The molecule has 0 saturated carbocycles. The van der Waals surface area contributed by atoms with E-state index in [1.54, 1.807) is 0 Å². The van der Waals surface area contributed by atoms with Crippen LogP contribution in [-0.2, 0) is 17.8 Å². The first-order valence-corrected chi connectivity index (χ1v) is 9.96. The minimum absolute atomic E-state index is 0.0738. The highest BCUT2D eigenvalue weighted by molar-refractivity contribution is 5.76. The molecule has 0 radical (unpaired) electrons. The summed E-state index contributed by atoms with van der Waals surface area (Å²) in [5, 5.41) is 4.04. The van der Waals surface area contributed by atoms with Gasteiger partial charge in [-0.05, 0) is 50.6 Å². The average Bonchev–Trinajstić information content (AvgIpc) is 3.21. The van der Waals surface area contributed by atoms with Gasteiger partial charge in [0.2, 0.25) is 17.6 Å². The molecule has 1 amide bonds. The van der Waals surface area contributed by atoms with Crippen LogP contribution in [0.3, 0.4) is 0 Å². The van der Waals surface area contributed by atoms with Gasteiger partial charge in [-0.1, -0.05) is 35.5 Å². The molecule has 0 fully saturated rings. The van der Waals surface area contributed by atoms with Crippen LogP contribution in [0, 0.1) is 0 Å². The smallest absolute Gasteiger partial charge is 0.227 e. The minimum atomic E-state index is 0.0738. The molecule has 0 N–H and O–H groups in total. The van der Waals surface area contributed by atoms with E-state index in [1.807, 2.05) is 80.3 Å². The third-order valence-corrected chi connectivity index (χ3v) is 4.58. The number of carbonyl (C=O) groups excluding carboxylic acids is 1. The summed E-state index contributed by atoms with van der Waals surface area (Å²) in [6, 6.07) is 17.7. The van der Waals surface area contributed by atoms with Crippen LogP contribution in [0.4, 0.5) is 0 Å². The summed E-state index contributed by atoms with van der Waals surface area (Å²) in [7, 11) is 0. The lowest BCUT2D eigenvalue weighted by Crippen LogP contribution is -2.36. The van der Waals surface area contributed by atoms with Gasteiger partial charge in [-0.2, -0.15) is 4.98 Å². The second-order valence-corrected chi connectivity index (χ2v) is 7.07. The zero-order valence-corrected chi connectivity index (χ0v) is 17.2. The fourth-order valence-electron chi connectivity index (χ4n) is 3.04. The molecule has 0 atom stereocenters. The fourth-order valence-corrected chi connectivity index (χ4v) is 3.04. The highest BCUT2D eigenvalue weighted by Gasteiger charge is 2.19. The van der Waals surface area contributed by atoms with Crippen molar-refractivity contribution in [2.75, 3.05) is 6.61 Å². The van der Waals surface area contributed by atoms with E-state index < -0.39 is 0 Å². The van der Waals surface area contributed by atoms with Crippen LogP contribution in [0.15, 0.2) is 59.1 Å². The van der Waals surface area contributed by atoms with Crippen molar-refractivity contribution < 1.29 is 14.1 Å². The Labute approximate surface area is 171 Å². The van der Waals surface area contributed by atoms with Gasteiger partial charge in [0, 0.05) is 31.0 Å². The molecule has 0 aliphatic rings. The van der Waals surface area contributed by atoms with E-state index in [0.717, 1.165) is 16.9 Å². The summed E-state index contributed by atoms with van der Waals surface area (Å²) in [6.45, 7) is 7.21. The number of hydrogen-bond donors (Lipinski definition) is 0. The Bertz CT molecular complexity index is 905. The number of nitrogens with zero attached hydrogens (tertiary/aromatic N) is 3. The van der Waals surface area contributed by atoms with Crippen molar-refractivity contribution in [2.45, 2.75) is 46.2 Å². The lowest BCUT2D eigenvalue weighted by atomic mass is 10.1. The van der Waals surface area contributed by atoms with E-state index in [1.165, 1.54) is 0 Å². The van der Waals surface area contributed by atoms with E-state index in [9.17, 15) is 4.79 Å². The number of ether oxygens (including phenoxy) is 1. The van der Waals surface area contributed by atoms with Crippen LogP contribution in [0.25, 0.3) is 11.4 Å². The lowest BCUT2D eigenvalue weighted by molar-refractivity contribution is -0.133. The van der Waals surface area contributed by atoms with Gasteiger partial charge in [0.15, 0.2) is 0 Å². The molecule has 0 unspecified atom stereocenters. The van der Waals surface area contributed by atoms with Crippen molar-refractivity contribution in [1.29, 1.82) is 0 Å². The molecule has 0 spiro atoms. The standard InChI is InChI=1S/C23H27N3O3/c1-4-28-20-12-10-19(11-13-20)23-24-21(29-25-23)14-15-22(27)26(17(2)3)16-18-8-6-5-7-9-18/h5-13,17H,4,14-16H2,1-3H3. The molecule has 3 aromatic rings. The number of carbonyl (C=O) groups is 1. The Morgan fingerprint density at radius 1 is 1.10 bits per heavy atom. The van der Waals surface area contributed by atoms with E-state index in [-0.39, 0.29) is 11.9 Å². The zero-order chi connectivity index (χ0) is 20.6. The van der Waals surface area contributed by atoms with Crippen LogP contribution in [0.2, 0.25) is 0 Å². The number of benzene rings is 2. The number of amides is 1. The van der Waals surface area contributed by atoms with Crippen LogP contribution >= 0.6 is 0 Å². The second-order valence-electron chi connectivity index (χ2n) is 7.07. The zero-order valence-electron chi connectivity index (χ0n) is 17.2. The Morgan fingerprint density at radius 3 is 2.48 bits per heavy atom. The SMILES string of the molecule is CCOc1ccc(-c2noc(CCC(=O)N(Cc3ccccc3)C(C)C)n2)cc1. The van der Waals surface area contributed by atoms with Gasteiger partial charge in [0.1, 0.15) is 5.75 Å². The minimum Gasteiger partial charge on any atom is -0.494 e. The van der Waals surface area contributed by atoms with Gasteiger partial charge >= 0.3 is 0 Å². The van der Waals surface area contributed by atoms with Crippen molar-refractivity contribution in [3.63, 3.8) is 0 Å². The molecule has 6 nitrogen and oxygen atoms in total. The molecule has 0 aliphatic carbocycles. The molecule has 0 saturated heterocycles. The Hall–Kier alpha value is -3.15. The summed E-state index contributed by atoms with van der Waals surface area (Å²) in [5.41, 5.74) is 1.97. The van der Waals surface area contributed by atoms with Crippen molar-refractivity contribution >= 4 is 5.91 Å². The first-order chi connectivity index (χ1) is 14.1. The molecule has 152 valence electrons. The van der Waals surface area contributed by atoms with E-state index in [4.69, 9.17) is 9.26 Å². The summed E-state index contributed by atoms with van der Waals surface area (Å²) >= 11 is 0. The van der Waals surface area contributed by atoms with Crippen LogP contribution in [0.1, 0.15) is 38.6 Å². The molecule has 0 bridgehead atoms. The van der Waals surface area contributed by atoms with Gasteiger partial charge in [-0.15, -0.1) is 0 Å². The average molecular weight is 393 g/mol. The van der Waals surface area contributed by atoms with E-state index >= 15 is 0 Å². The monoisotopic (exact) mass is 393 g/mol. The van der Waals surface area contributed by atoms with Crippen molar-refractivity contribution in [3.8, 4) is 17.1 Å². The topological polar surface area (TPSA) is 68.5 Å². The quantitative estimate of drug-likeness (QED) is 0.535. The molecular weight excluding hydrogens is 366 g/mol. The van der Waals surface area contributed by atoms with Crippen molar-refractivity contribution in [2.24, 2.45) is 0 Å². The lowest BCUT2D eigenvalue weighted by Gasteiger charge is -2.26. The number of aryl methyl sites for hydroxylation is 1. The van der Waals surface area contributed by atoms with E-state index in [0.29, 0.717) is 37.7 Å². The highest BCUT2D eigenvalue weighted by atomic mass is 16.5. The Kier molecular flexibility index (Phi) is 7.00. The predicted octanol–water partition coefficient (Wildman–Crippen LogP) is 4.51. The maximum Gasteiger partial charge on any atom is 0.227 e. The third-order valence-electron chi connectivity index (χ3n) is 4.58. The molecule has 3 rings (SSSR count). The van der Waals surface area contributed by atoms with Gasteiger partial charge in [-0.3, -0.25) is 4.79 Å². The summed E-state index contributed by atoms with van der Waals surface area (Å²) < 4.78 is 10.8.